The number of hydrogen-bond acceptors (Lipinski definition) is 4. The van der Waals surface area contributed by atoms with Crippen LogP contribution < -0.4 is 0 Å². The van der Waals surface area contributed by atoms with Gasteiger partial charge in [-0.1, -0.05) is 0 Å². The second-order valence-electron chi connectivity index (χ2n) is 2.51. The number of thiazole rings is 1. The highest BCUT2D eigenvalue weighted by molar-refractivity contribution is 8.13. The number of imidazole rings is 1. The zero-order valence-corrected chi connectivity index (χ0v) is 8.73. The van der Waals surface area contributed by atoms with Gasteiger partial charge >= 0.3 is 0 Å². The van der Waals surface area contributed by atoms with Crippen molar-refractivity contribution in [2.75, 3.05) is 0 Å². The smallest absolute Gasteiger partial charge is 0.238 e. The van der Waals surface area contributed by atoms with Crippen molar-refractivity contribution in [3.05, 3.63) is 23.5 Å². The maximum absolute atomic E-state index is 10.7. The number of fused-ring (bicyclic) bond motifs is 1. The van der Waals surface area contributed by atoms with Crippen molar-refractivity contribution >= 4 is 36.0 Å². The van der Waals surface area contributed by atoms with E-state index in [4.69, 9.17) is 10.7 Å². The molecule has 0 bridgehead atoms. The summed E-state index contributed by atoms with van der Waals surface area (Å²) < 4.78 is 23.2. The first-order chi connectivity index (χ1) is 6.04. The highest BCUT2D eigenvalue weighted by Gasteiger charge is 2.10. The monoisotopic (exact) mass is 236 g/mol. The van der Waals surface area contributed by atoms with Crippen LogP contribution in [-0.4, -0.2) is 17.8 Å². The van der Waals surface area contributed by atoms with Crippen LogP contribution in [0, 0.1) is 0 Å². The minimum absolute atomic E-state index is 0.219. The maximum Gasteiger partial charge on any atom is 0.238 e. The Hall–Kier alpha value is -0.590. The van der Waals surface area contributed by atoms with Crippen LogP contribution in [0.15, 0.2) is 17.8 Å². The Morgan fingerprint density at radius 3 is 3.00 bits per heavy atom. The van der Waals surface area contributed by atoms with E-state index >= 15 is 0 Å². The predicted molar refractivity (Wildman–Crippen MR) is 51.5 cm³/mol. The van der Waals surface area contributed by atoms with E-state index in [0.717, 1.165) is 4.96 Å². The Balaban J connectivity index is 2.41. The Labute approximate surface area is 83.2 Å². The van der Waals surface area contributed by atoms with Crippen LogP contribution in [0.1, 0.15) is 5.69 Å². The van der Waals surface area contributed by atoms with Crippen molar-refractivity contribution in [3.63, 3.8) is 0 Å². The van der Waals surface area contributed by atoms with E-state index in [-0.39, 0.29) is 5.75 Å². The van der Waals surface area contributed by atoms with Crippen molar-refractivity contribution in [1.29, 1.82) is 0 Å². The van der Waals surface area contributed by atoms with Crippen LogP contribution in [-0.2, 0) is 14.8 Å². The summed E-state index contributed by atoms with van der Waals surface area (Å²) in [4.78, 5) is 4.85. The third-order valence-corrected chi connectivity index (χ3v) is 3.20. The molecule has 13 heavy (non-hydrogen) atoms. The van der Waals surface area contributed by atoms with Gasteiger partial charge in [-0.05, 0) is 0 Å². The third kappa shape index (κ3) is 2.01. The molecule has 0 saturated carbocycles. The van der Waals surface area contributed by atoms with Gasteiger partial charge in [-0.2, -0.15) is 0 Å². The lowest BCUT2D eigenvalue weighted by atomic mass is 10.6. The van der Waals surface area contributed by atoms with Gasteiger partial charge in [0, 0.05) is 28.5 Å². The summed E-state index contributed by atoms with van der Waals surface area (Å²) in [5.74, 6) is -0.219. The SMILES string of the molecule is O=S(=O)(Cl)Cc1cn2ccsc2n1. The second-order valence-corrected chi connectivity index (χ2v) is 6.16. The molecule has 2 aromatic heterocycles. The van der Waals surface area contributed by atoms with Crippen LogP contribution in [0.25, 0.3) is 4.96 Å². The summed E-state index contributed by atoms with van der Waals surface area (Å²) in [7, 11) is 1.59. The minimum atomic E-state index is -3.50. The molecule has 0 radical (unpaired) electrons. The molecular formula is C6H5ClN2O2S2. The highest BCUT2D eigenvalue weighted by atomic mass is 35.7. The summed E-state index contributed by atoms with van der Waals surface area (Å²) >= 11 is 1.45. The molecule has 0 spiro atoms. The van der Waals surface area contributed by atoms with Crippen LogP contribution in [0.4, 0.5) is 0 Å². The first kappa shape index (κ1) is 8.98. The number of halogens is 1. The van der Waals surface area contributed by atoms with Gasteiger partial charge in [0.2, 0.25) is 9.05 Å². The van der Waals surface area contributed by atoms with E-state index in [9.17, 15) is 8.42 Å². The first-order valence-electron chi connectivity index (χ1n) is 3.38. The van der Waals surface area contributed by atoms with Crippen molar-refractivity contribution < 1.29 is 8.42 Å². The quantitative estimate of drug-likeness (QED) is 0.742. The number of hydrogen-bond donors (Lipinski definition) is 0. The molecule has 0 aliphatic rings. The molecule has 70 valence electrons. The van der Waals surface area contributed by atoms with E-state index in [2.05, 4.69) is 4.98 Å². The fourth-order valence-corrected chi connectivity index (χ4v) is 2.57. The second kappa shape index (κ2) is 2.97. The first-order valence-corrected chi connectivity index (χ1v) is 6.74. The van der Waals surface area contributed by atoms with Crippen LogP contribution in [0.3, 0.4) is 0 Å². The van der Waals surface area contributed by atoms with Gasteiger partial charge in [-0.25, -0.2) is 13.4 Å². The Kier molecular flexibility index (Phi) is 2.05. The lowest BCUT2D eigenvalue weighted by Gasteiger charge is -1.87. The summed E-state index contributed by atoms with van der Waals surface area (Å²) in [6.07, 6.45) is 3.48. The molecule has 0 aliphatic carbocycles. The summed E-state index contributed by atoms with van der Waals surface area (Å²) in [5.41, 5.74) is 0.474. The average molecular weight is 237 g/mol. The molecule has 4 nitrogen and oxygen atoms in total. The van der Waals surface area contributed by atoms with Crippen molar-refractivity contribution in [3.8, 4) is 0 Å². The van der Waals surface area contributed by atoms with Crippen LogP contribution in [0.5, 0.6) is 0 Å². The molecule has 2 rings (SSSR count). The van der Waals surface area contributed by atoms with Crippen LogP contribution in [0.2, 0.25) is 0 Å². The molecule has 0 N–H and O–H groups in total. The standard InChI is InChI=1S/C6H5ClN2O2S2/c7-13(10,11)4-5-3-9-1-2-12-6(9)8-5/h1-3H,4H2. The van der Waals surface area contributed by atoms with E-state index in [0.29, 0.717) is 5.69 Å². The Morgan fingerprint density at radius 2 is 2.38 bits per heavy atom. The highest BCUT2D eigenvalue weighted by Crippen LogP contribution is 2.14. The largest absolute Gasteiger partial charge is 0.297 e. The van der Waals surface area contributed by atoms with Gasteiger partial charge in [0.15, 0.2) is 4.96 Å². The van der Waals surface area contributed by atoms with Crippen molar-refractivity contribution in [2.45, 2.75) is 5.75 Å². The van der Waals surface area contributed by atoms with E-state index in [1.165, 1.54) is 11.3 Å². The summed E-state index contributed by atoms with van der Waals surface area (Å²) in [6.45, 7) is 0. The fraction of sp³-hybridized carbons (Fsp3) is 0.167. The summed E-state index contributed by atoms with van der Waals surface area (Å²) in [6, 6.07) is 0. The molecule has 0 atom stereocenters. The van der Waals surface area contributed by atoms with Crippen molar-refractivity contribution in [1.82, 2.24) is 9.38 Å². The molecule has 0 amide bonds. The molecule has 0 aromatic carbocycles. The van der Waals surface area contributed by atoms with Gasteiger partial charge in [-0.3, -0.25) is 4.40 Å². The predicted octanol–water partition coefficient (Wildman–Crippen LogP) is 1.46. The lowest BCUT2D eigenvalue weighted by molar-refractivity contribution is 0.608. The molecule has 2 heterocycles. The zero-order valence-electron chi connectivity index (χ0n) is 6.34. The third-order valence-electron chi connectivity index (χ3n) is 1.46. The van der Waals surface area contributed by atoms with Crippen molar-refractivity contribution in [2.24, 2.45) is 0 Å². The number of aromatic nitrogens is 2. The number of nitrogens with zero attached hydrogens (tertiary/aromatic N) is 2. The molecule has 0 saturated heterocycles. The Morgan fingerprint density at radius 1 is 1.62 bits per heavy atom. The summed E-state index contributed by atoms with van der Waals surface area (Å²) in [5, 5.41) is 1.88. The molecule has 0 fully saturated rings. The molecule has 7 heteroatoms. The van der Waals surface area contributed by atoms with Gasteiger partial charge in [-0.15, -0.1) is 11.3 Å². The van der Waals surface area contributed by atoms with E-state index < -0.39 is 9.05 Å². The Bertz CT molecular complexity index is 499. The van der Waals surface area contributed by atoms with Gasteiger partial charge in [0.05, 0.1) is 5.69 Å². The molecule has 0 aliphatic heterocycles. The van der Waals surface area contributed by atoms with Gasteiger partial charge < -0.3 is 0 Å². The molecular weight excluding hydrogens is 232 g/mol. The zero-order chi connectivity index (χ0) is 9.47. The van der Waals surface area contributed by atoms with Crippen LogP contribution >= 0.6 is 22.0 Å². The van der Waals surface area contributed by atoms with E-state index in [1.807, 2.05) is 11.6 Å². The lowest BCUT2D eigenvalue weighted by Crippen LogP contribution is -1.94. The minimum Gasteiger partial charge on any atom is -0.297 e. The normalized spacial score (nSPS) is 12.4. The molecule has 0 unspecified atom stereocenters. The maximum atomic E-state index is 10.7. The average Bonchev–Trinajstić information content (AvgIpc) is 2.40. The molecule has 2 aromatic rings. The van der Waals surface area contributed by atoms with Gasteiger partial charge in [0.25, 0.3) is 0 Å². The van der Waals surface area contributed by atoms with E-state index in [1.54, 1.807) is 10.6 Å². The van der Waals surface area contributed by atoms with Gasteiger partial charge in [0.1, 0.15) is 5.75 Å². The number of rotatable bonds is 2. The topological polar surface area (TPSA) is 51.4 Å². The fourth-order valence-electron chi connectivity index (χ4n) is 1.02.